The molecule has 1 amide bonds. The van der Waals surface area contributed by atoms with Gasteiger partial charge in [0.2, 0.25) is 5.91 Å². The Bertz CT molecular complexity index is 1530. The second-order valence-corrected chi connectivity index (χ2v) is 17.7. The molecule has 0 bridgehead atoms. The molecule has 8 N–H and O–H groups in total. The van der Waals surface area contributed by atoms with Crippen LogP contribution >= 0.6 is 45.1 Å². The maximum atomic E-state index is 12.3. The Labute approximate surface area is 265 Å². The summed E-state index contributed by atoms with van der Waals surface area (Å²) in [5.74, 6) is 0.138. The summed E-state index contributed by atoms with van der Waals surface area (Å²) in [6, 6.07) is 1.47. The van der Waals surface area contributed by atoms with Gasteiger partial charge in [-0.05, 0) is 20.3 Å². The summed E-state index contributed by atoms with van der Waals surface area (Å²) in [4.78, 5) is 67.6. The number of aromatic amines is 1. The van der Waals surface area contributed by atoms with Crippen molar-refractivity contribution in [1.29, 1.82) is 0 Å². The third kappa shape index (κ3) is 12.4. The second kappa shape index (κ2) is 15.7. The number of carbonyl (C=O) groups excluding carboxylic acids is 1. The van der Waals surface area contributed by atoms with E-state index in [0.29, 0.717) is 18.5 Å². The minimum atomic E-state index is -5.72. The monoisotopic (exact) mass is 739 g/mol. The topological polar surface area (TPSA) is 284 Å². The van der Waals surface area contributed by atoms with Crippen LogP contribution in [0.4, 0.5) is 5.82 Å². The maximum Gasteiger partial charge on any atom is 0.490 e. The molecule has 256 valence electrons. The number of imidazole rings is 1. The molecule has 1 aliphatic rings. The highest BCUT2D eigenvalue weighted by Crippen LogP contribution is 2.66. The van der Waals surface area contributed by atoms with E-state index in [1.165, 1.54) is 38.5 Å². The van der Waals surface area contributed by atoms with Gasteiger partial charge in [-0.15, -0.1) is 0 Å². The van der Waals surface area contributed by atoms with Gasteiger partial charge in [-0.3, -0.25) is 14.1 Å². The maximum absolute atomic E-state index is 12.3. The number of fused-ring (bicyclic) bond motifs is 1. The van der Waals surface area contributed by atoms with E-state index in [4.69, 9.17) is 29.5 Å². The highest BCUT2D eigenvalue weighted by molar-refractivity contribution is 8.77. The van der Waals surface area contributed by atoms with Gasteiger partial charge in [-0.1, -0.05) is 34.9 Å². The number of hydrogen-bond donors (Lipinski definition) is 7. The quantitative estimate of drug-likeness (QED) is 0.0501. The molecule has 0 radical (unpaired) electrons. The first-order valence-corrected chi connectivity index (χ1v) is 20.1. The van der Waals surface area contributed by atoms with Crippen molar-refractivity contribution in [3.63, 3.8) is 0 Å². The molecule has 19 nitrogen and oxygen atoms in total. The van der Waals surface area contributed by atoms with Crippen molar-refractivity contribution in [3.05, 3.63) is 22.7 Å². The summed E-state index contributed by atoms with van der Waals surface area (Å²) in [5, 5.41) is 2.91. The van der Waals surface area contributed by atoms with Crippen LogP contribution in [0.15, 0.2) is 17.2 Å². The number of rotatable bonds is 18. The van der Waals surface area contributed by atoms with E-state index in [0.717, 1.165) is 12.8 Å². The number of carbonyl (C=O) groups is 1. The van der Waals surface area contributed by atoms with Gasteiger partial charge < -0.3 is 49.6 Å². The Balaban J connectivity index is 1.68. The van der Waals surface area contributed by atoms with Crippen molar-refractivity contribution in [2.45, 2.75) is 69.6 Å². The van der Waals surface area contributed by atoms with E-state index in [2.05, 4.69) is 23.9 Å². The zero-order valence-corrected chi connectivity index (χ0v) is 28.7. The molecule has 1 aliphatic heterocycles. The number of unbranched alkanes of at least 4 members (excludes halogenated alkanes) is 1. The number of pyridine rings is 1. The number of hydrogen-bond acceptors (Lipinski definition) is 14. The molecular formula is C21H36N5O14P3S2. The predicted octanol–water partition coefficient (Wildman–Crippen LogP) is 2.75. The molecule has 1 saturated heterocycles. The van der Waals surface area contributed by atoms with Crippen LogP contribution in [0.2, 0.25) is 0 Å². The third-order valence-electron chi connectivity index (χ3n) is 5.99. The molecule has 0 saturated carbocycles. The fourth-order valence-electron chi connectivity index (χ4n) is 4.02. The Morgan fingerprint density at radius 2 is 1.96 bits per heavy atom. The van der Waals surface area contributed by atoms with Crippen molar-refractivity contribution in [2.24, 2.45) is 0 Å². The second-order valence-electron chi connectivity index (χ2n) is 10.4. The van der Waals surface area contributed by atoms with Crippen LogP contribution in [0, 0.1) is 0 Å². The van der Waals surface area contributed by atoms with E-state index >= 15 is 0 Å². The van der Waals surface area contributed by atoms with Crippen molar-refractivity contribution in [1.82, 2.24) is 19.9 Å². The molecule has 5 atom stereocenters. The van der Waals surface area contributed by atoms with Crippen LogP contribution in [0.25, 0.3) is 11.0 Å². The zero-order valence-electron chi connectivity index (χ0n) is 24.3. The largest absolute Gasteiger partial charge is 0.490 e. The summed E-state index contributed by atoms with van der Waals surface area (Å²) in [5.41, 5.74) is 5.66. The molecule has 45 heavy (non-hydrogen) atoms. The van der Waals surface area contributed by atoms with Crippen LogP contribution in [0.5, 0.6) is 0 Å². The highest BCUT2D eigenvalue weighted by atomic mass is 33.1. The third-order valence-corrected chi connectivity index (χ3v) is 12.7. The SMILES string of the molecule is CCCCC(=O)NCC(C)(C)SSCOC1C[C@H](n2cnc3c(=O)[nH]c(N)cc32)O[C@@H]1COP(=O)(O)OP(=O)(O)OP(=O)(O)O. The average molecular weight is 740 g/mol. The molecule has 2 aromatic rings. The summed E-state index contributed by atoms with van der Waals surface area (Å²) < 4.78 is 60.4. The molecule has 24 heteroatoms. The number of amides is 1. The van der Waals surface area contributed by atoms with Gasteiger partial charge in [-0.2, -0.15) is 8.62 Å². The number of anilines is 1. The van der Waals surface area contributed by atoms with Crippen molar-refractivity contribution < 1.29 is 60.7 Å². The molecule has 0 aliphatic carbocycles. The van der Waals surface area contributed by atoms with E-state index in [-0.39, 0.29) is 34.3 Å². The Kier molecular flexibility index (Phi) is 13.4. The first-order chi connectivity index (χ1) is 20.8. The zero-order chi connectivity index (χ0) is 33.6. The number of nitrogens with zero attached hydrogens (tertiary/aromatic N) is 2. The summed E-state index contributed by atoms with van der Waals surface area (Å²) in [6.07, 6.45) is 0.911. The number of phosphoric ester groups is 1. The van der Waals surface area contributed by atoms with Gasteiger partial charge in [0.15, 0.2) is 5.52 Å². The molecule has 3 unspecified atom stereocenters. The van der Waals surface area contributed by atoms with E-state index in [9.17, 15) is 33.1 Å². The first-order valence-electron chi connectivity index (χ1n) is 13.3. The van der Waals surface area contributed by atoms with Gasteiger partial charge >= 0.3 is 23.5 Å². The number of nitrogens with two attached hydrogens (primary N) is 1. The van der Waals surface area contributed by atoms with E-state index in [1.807, 2.05) is 20.8 Å². The standard InChI is InChI=1S/C21H36N5O14P3S2/c1-4-5-6-17(27)23-10-21(2,3)45-44-12-36-14-8-18(26-11-24-19-13(26)7-16(22)25-20(19)28)38-15(14)9-37-42(32,33)40-43(34,35)39-41(29,30)31/h7,11,14-15,18H,4-6,8-10,12H2,1-3H3,(H,23,27)(H,32,33)(H,34,35)(H3,22,25,28)(H2,29,30,31)/t14?,15-,18-/m1/s1. The Hall–Kier alpha value is -1.28. The van der Waals surface area contributed by atoms with E-state index in [1.54, 1.807) is 0 Å². The lowest BCUT2D eigenvalue weighted by Crippen LogP contribution is -2.35. The number of aromatic nitrogens is 3. The number of nitrogen functional groups attached to an aromatic ring is 1. The summed E-state index contributed by atoms with van der Waals surface area (Å²) in [6.45, 7) is 5.57. The Morgan fingerprint density at radius 3 is 2.62 bits per heavy atom. The van der Waals surface area contributed by atoms with Crippen molar-refractivity contribution >= 4 is 67.8 Å². The molecule has 0 spiro atoms. The lowest BCUT2D eigenvalue weighted by atomic mass is 10.2. The molecule has 3 rings (SSSR count). The van der Waals surface area contributed by atoms with Crippen molar-refractivity contribution in [3.8, 4) is 0 Å². The predicted molar refractivity (Wildman–Crippen MR) is 165 cm³/mol. The first kappa shape index (κ1) is 38.2. The fourth-order valence-corrected chi connectivity index (χ4v) is 9.23. The van der Waals surface area contributed by atoms with Gasteiger partial charge in [0, 0.05) is 30.2 Å². The number of H-pyrrole nitrogens is 1. The van der Waals surface area contributed by atoms with Crippen LogP contribution in [-0.2, 0) is 41.1 Å². The normalized spacial score (nSPS) is 21.9. The van der Waals surface area contributed by atoms with Crippen LogP contribution < -0.4 is 16.6 Å². The molecule has 0 aromatic carbocycles. The van der Waals surface area contributed by atoms with Crippen LogP contribution in [0.3, 0.4) is 0 Å². The smallest absolute Gasteiger partial charge is 0.385 e. The lowest BCUT2D eigenvalue weighted by molar-refractivity contribution is -0.121. The van der Waals surface area contributed by atoms with E-state index < -0.39 is 54.1 Å². The van der Waals surface area contributed by atoms with Gasteiger partial charge in [-0.25, -0.2) is 18.7 Å². The highest BCUT2D eigenvalue weighted by Gasteiger charge is 2.43. The number of nitrogens with one attached hydrogen (secondary N) is 2. The van der Waals surface area contributed by atoms with Crippen molar-refractivity contribution in [2.75, 3.05) is 24.8 Å². The van der Waals surface area contributed by atoms with Gasteiger partial charge in [0.05, 0.1) is 24.6 Å². The minimum Gasteiger partial charge on any atom is -0.385 e. The summed E-state index contributed by atoms with van der Waals surface area (Å²) in [7, 11) is -13.9. The number of ether oxygens (including phenoxy) is 2. The Morgan fingerprint density at radius 1 is 1.24 bits per heavy atom. The van der Waals surface area contributed by atoms with Crippen LogP contribution in [-0.4, -0.2) is 76.1 Å². The fraction of sp³-hybridized carbons (Fsp3) is 0.667. The number of phosphoric acid groups is 3. The molecule has 3 heterocycles. The molecule has 2 aromatic heterocycles. The van der Waals surface area contributed by atoms with Gasteiger partial charge in [0.25, 0.3) is 5.56 Å². The lowest BCUT2D eigenvalue weighted by Gasteiger charge is -2.24. The van der Waals surface area contributed by atoms with Gasteiger partial charge in [0.1, 0.15) is 24.1 Å². The molecular weight excluding hydrogens is 703 g/mol. The average Bonchev–Trinajstić information content (AvgIpc) is 3.49. The summed E-state index contributed by atoms with van der Waals surface area (Å²) >= 11 is 0. The minimum absolute atomic E-state index is 0.0319. The molecule has 1 fully saturated rings. The van der Waals surface area contributed by atoms with Crippen LogP contribution in [0.1, 0.15) is 52.7 Å².